The van der Waals surface area contributed by atoms with Gasteiger partial charge >= 0.3 is 0 Å². The van der Waals surface area contributed by atoms with Crippen LogP contribution in [0.4, 0.5) is 5.69 Å². The summed E-state index contributed by atoms with van der Waals surface area (Å²) in [5, 5.41) is 2.81. The van der Waals surface area contributed by atoms with Crippen LogP contribution in [0.3, 0.4) is 0 Å². The van der Waals surface area contributed by atoms with Gasteiger partial charge in [0.1, 0.15) is 12.3 Å². The Morgan fingerprint density at radius 2 is 1.93 bits per heavy atom. The summed E-state index contributed by atoms with van der Waals surface area (Å²) in [5.74, 6) is 0.529. The Balaban J connectivity index is 1.92. The normalized spacial score (nSPS) is 11.1. The maximum Gasteiger partial charge on any atom is 0.240 e. The molecule has 0 bridgehead atoms. The quantitative estimate of drug-likeness (QED) is 0.432. The Kier molecular flexibility index (Phi) is 8.85. The Bertz CT molecular complexity index is 916. The van der Waals surface area contributed by atoms with Crippen molar-refractivity contribution in [2.75, 3.05) is 36.5 Å². The molecular formula is C21H28N2O4S2. The highest BCUT2D eigenvalue weighted by Crippen LogP contribution is 2.24. The monoisotopic (exact) mass is 436 g/mol. The standard InChI is InChI=1S/C21H28N2O4S2/c1-4-27-20-13-6-5-9-17(20)10-8-14-22-21(24)16-23(29(3,25)26)18-11-7-12-19(15-18)28-2/h5-7,9,11-13,15H,4,8,10,14,16H2,1-3H3,(H,22,24). The van der Waals surface area contributed by atoms with E-state index in [1.807, 2.05) is 43.5 Å². The SMILES string of the molecule is CCOc1ccccc1CCCNC(=O)CN(c1cccc(SC)c1)S(C)(=O)=O. The Morgan fingerprint density at radius 3 is 2.62 bits per heavy atom. The van der Waals surface area contributed by atoms with Crippen molar-refractivity contribution in [1.29, 1.82) is 0 Å². The molecule has 1 amide bonds. The van der Waals surface area contributed by atoms with Crippen molar-refractivity contribution in [1.82, 2.24) is 5.32 Å². The number of hydrogen-bond acceptors (Lipinski definition) is 5. The van der Waals surface area contributed by atoms with Gasteiger partial charge in [0.15, 0.2) is 0 Å². The first-order chi connectivity index (χ1) is 13.8. The molecule has 0 aliphatic carbocycles. The van der Waals surface area contributed by atoms with E-state index in [-0.39, 0.29) is 12.5 Å². The van der Waals surface area contributed by atoms with Crippen LogP contribution >= 0.6 is 11.8 Å². The van der Waals surface area contributed by atoms with E-state index in [0.717, 1.165) is 39.6 Å². The van der Waals surface area contributed by atoms with E-state index < -0.39 is 10.0 Å². The zero-order chi connectivity index (χ0) is 21.3. The van der Waals surface area contributed by atoms with Gasteiger partial charge in [0, 0.05) is 11.4 Å². The molecule has 2 aromatic rings. The number of amides is 1. The molecule has 29 heavy (non-hydrogen) atoms. The van der Waals surface area contributed by atoms with Gasteiger partial charge in [-0.2, -0.15) is 0 Å². The topological polar surface area (TPSA) is 75.7 Å². The number of anilines is 1. The average molecular weight is 437 g/mol. The van der Waals surface area contributed by atoms with Crippen molar-refractivity contribution >= 4 is 33.4 Å². The zero-order valence-electron chi connectivity index (χ0n) is 17.1. The summed E-state index contributed by atoms with van der Waals surface area (Å²) in [6, 6.07) is 15.0. The first kappa shape index (κ1) is 23.1. The predicted octanol–water partition coefficient (Wildman–Crippen LogP) is 3.32. The zero-order valence-corrected chi connectivity index (χ0v) is 18.7. The molecule has 0 saturated heterocycles. The van der Waals surface area contributed by atoms with Crippen molar-refractivity contribution in [2.24, 2.45) is 0 Å². The van der Waals surface area contributed by atoms with Crippen LogP contribution in [0.1, 0.15) is 18.9 Å². The summed E-state index contributed by atoms with van der Waals surface area (Å²) < 4.78 is 31.2. The lowest BCUT2D eigenvalue weighted by Crippen LogP contribution is -2.40. The number of rotatable bonds is 11. The second kappa shape index (κ2) is 11.1. The Hall–Kier alpha value is -2.19. The minimum Gasteiger partial charge on any atom is -0.494 e. The summed E-state index contributed by atoms with van der Waals surface area (Å²) in [4.78, 5) is 13.3. The summed E-state index contributed by atoms with van der Waals surface area (Å²) in [5.41, 5.74) is 1.58. The van der Waals surface area contributed by atoms with Gasteiger partial charge in [-0.1, -0.05) is 24.3 Å². The number of nitrogens with one attached hydrogen (secondary N) is 1. The molecular weight excluding hydrogens is 408 g/mol. The number of nitrogens with zero attached hydrogens (tertiary/aromatic N) is 1. The predicted molar refractivity (Wildman–Crippen MR) is 119 cm³/mol. The van der Waals surface area contributed by atoms with E-state index in [2.05, 4.69) is 5.32 Å². The molecule has 0 radical (unpaired) electrons. The second-order valence-electron chi connectivity index (χ2n) is 6.47. The molecule has 0 fully saturated rings. The summed E-state index contributed by atoms with van der Waals surface area (Å²) >= 11 is 1.52. The van der Waals surface area contributed by atoms with Crippen LogP contribution in [0, 0.1) is 0 Å². The number of ether oxygens (including phenoxy) is 1. The highest BCUT2D eigenvalue weighted by Gasteiger charge is 2.21. The lowest BCUT2D eigenvalue weighted by atomic mass is 10.1. The summed E-state index contributed by atoms with van der Waals surface area (Å²) in [7, 11) is -3.58. The second-order valence-corrected chi connectivity index (χ2v) is 9.25. The fourth-order valence-electron chi connectivity index (χ4n) is 2.87. The third-order valence-electron chi connectivity index (χ3n) is 4.25. The smallest absolute Gasteiger partial charge is 0.240 e. The van der Waals surface area contributed by atoms with Crippen LogP contribution in [0.25, 0.3) is 0 Å². The number of para-hydroxylation sites is 1. The molecule has 8 heteroatoms. The van der Waals surface area contributed by atoms with Crippen LogP contribution in [0.15, 0.2) is 53.4 Å². The average Bonchev–Trinajstić information content (AvgIpc) is 2.70. The Morgan fingerprint density at radius 1 is 1.17 bits per heavy atom. The maximum absolute atomic E-state index is 12.4. The van der Waals surface area contributed by atoms with Gasteiger partial charge in [0.05, 0.1) is 18.6 Å². The van der Waals surface area contributed by atoms with E-state index in [4.69, 9.17) is 4.74 Å². The fourth-order valence-corrected chi connectivity index (χ4v) is 4.17. The highest BCUT2D eigenvalue weighted by molar-refractivity contribution is 7.98. The molecule has 0 aromatic heterocycles. The van der Waals surface area contributed by atoms with Gasteiger partial charge < -0.3 is 10.1 Å². The molecule has 0 heterocycles. The van der Waals surface area contributed by atoms with Gasteiger partial charge in [0.25, 0.3) is 0 Å². The van der Waals surface area contributed by atoms with Gasteiger partial charge in [-0.25, -0.2) is 8.42 Å². The summed E-state index contributed by atoms with van der Waals surface area (Å²) in [6.07, 6.45) is 4.52. The molecule has 1 N–H and O–H groups in total. The number of sulfonamides is 1. The number of carbonyl (C=O) groups excluding carboxylic acids is 1. The Labute approximate surface area is 177 Å². The van der Waals surface area contributed by atoms with Crippen LogP contribution in [-0.4, -0.2) is 46.5 Å². The first-order valence-electron chi connectivity index (χ1n) is 9.44. The largest absolute Gasteiger partial charge is 0.494 e. The van der Waals surface area contributed by atoms with E-state index in [0.29, 0.717) is 18.8 Å². The van der Waals surface area contributed by atoms with Crippen LogP contribution in [0.2, 0.25) is 0 Å². The van der Waals surface area contributed by atoms with E-state index in [1.54, 1.807) is 18.2 Å². The number of thioether (sulfide) groups is 1. The molecule has 0 unspecified atom stereocenters. The highest BCUT2D eigenvalue weighted by atomic mass is 32.2. The van der Waals surface area contributed by atoms with E-state index in [1.165, 1.54) is 11.8 Å². The molecule has 2 rings (SSSR count). The fraction of sp³-hybridized carbons (Fsp3) is 0.381. The van der Waals surface area contributed by atoms with Crippen LogP contribution in [-0.2, 0) is 21.2 Å². The van der Waals surface area contributed by atoms with Crippen molar-refractivity contribution in [3.63, 3.8) is 0 Å². The van der Waals surface area contributed by atoms with Gasteiger partial charge in [-0.3, -0.25) is 9.10 Å². The molecule has 158 valence electrons. The third kappa shape index (κ3) is 7.29. The molecule has 6 nitrogen and oxygen atoms in total. The van der Waals surface area contributed by atoms with Crippen molar-refractivity contribution in [3.05, 3.63) is 54.1 Å². The van der Waals surface area contributed by atoms with Gasteiger partial charge in [0.2, 0.25) is 15.9 Å². The van der Waals surface area contributed by atoms with Crippen LogP contribution < -0.4 is 14.4 Å². The van der Waals surface area contributed by atoms with Crippen molar-refractivity contribution < 1.29 is 17.9 Å². The first-order valence-corrected chi connectivity index (χ1v) is 12.5. The number of hydrogen-bond donors (Lipinski definition) is 1. The van der Waals surface area contributed by atoms with Crippen molar-refractivity contribution in [3.8, 4) is 5.75 Å². The lowest BCUT2D eigenvalue weighted by Gasteiger charge is -2.22. The third-order valence-corrected chi connectivity index (χ3v) is 6.11. The molecule has 2 aromatic carbocycles. The molecule has 0 atom stereocenters. The summed E-state index contributed by atoms with van der Waals surface area (Å²) in [6.45, 7) is 2.76. The minimum atomic E-state index is -3.58. The van der Waals surface area contributed by atoms with Gasteiger partial charge in [-0.15, -0.1) is 11.8 Å². The van der Waals surface area contributed by atoms with Crippen LogP contribution in [0.5, 0.6) is 5.75 Å². The molecule has 0 aliphatic heterocycles. The number of aryl methyl sites for hydroxylation is 1. The van der Waals surface area contributed by atoms with E-state index >= 15 is 0 Å². The lowest BCUT2D eigenvalue weighted by molar-refractivity contribution is -0.119. The maximum atomic E-state index is 12.4. The minimum absolute atomic E-state index is 0.244. The van der Waals surface area contributed by atoms with Crippen molar-refractivity contribution in [2.45, 2.75) is 24.7 Å². The van der Waals surface area contributed by atoms with Gasteiger partial charge in [-0.05, 0) is 55.9 Å². The number of benzene rings is 2. The molecule has 0 aliphatic rings. The number of carbonyl (C=O) groups is 1. The molecule has 0 spiro atoms. The molecule has 0 saturated carbocycles. The van der Waals surface area contributed by atoms with E-state index in [9.17, 15) is 13.2 Å².